The predicted molar refractivity (Wildman–Crippen MR) is 109 cm³/mol. The molecule has 0 N–H and O–H groups in total. The number of ether oxygens (including phenoxy) is 2. The summed E-state index contributed by atoms with van der Waals surface area (Å²) in [6.07, 6.45) is 1.56. The van der Waals surface area contributed by atoms with Crippen LogP contribution < -0.4 is 9.47 Å². The van der Waals surface area contributed by atoms with E-state index in [0.717, 1.165) is 30.8 Å². The maximum atomic E-state index is 11.0. The zero-order valence-electron chi connectivity index (χ0n) is 16.6. The van der Waals surface area contributed by atoms with Crippen molar-refractivity contribution in [3.63, 3.8) is 0 Å². The third kappa shape index (κ3) is 5.47. The summed E-state index contributed by atoms with van der Waals surface area (Å²) in [6, 6.07) is 14.4. The van der Waals surface area contributed by atoms with Crippen LogP contribution in [0.4, 0.5) is 0 Å². The van der Waals surface area contributed by atoms with Crippen LogP contribution in [0.5, 0.6) is 11.5 Å². The standard InChI is InChI=1S/C21H27NO5S/c1-22-14-17-13-19(26-10-5-11-27-28(3,23)24)8-9-20(17)21(15-22)16-6-4-7-18(12-16)25-2/h4,6-9,12-13,21H,5,10-11,14-15H2,1-3H3. The van der Waals surface area contributed by atoms with E-state index in [1.807, 2.05) is 18.2 Å². The number of nitrogens with zero attached hydrogens (tertiary/aromatic N) is 1. The number of benzene rings is 2. The molecule has 6 nitrogen and oxygen atoms in total. The lowest BCUT2D eigenvalue weighted by atomic mass is 9.84. The third-order valence-electron chi connectivity index (χ3n) is 4.78. The van der Waals surface area contributed by atoms with Crippen molar-refractivity contribution in [2.45, 2.75) is 18.9 Å². The van der Waals surface area contributed by atoms with E-state index in [-0.39, 0.29) is 12.5 Å². The summed E-state index contributed by atoms with van der Waals surface area (Å²) in [4.78, 5) is 2.30. The van der Waals surface area contributed by atoms with Gasteiger partial charge in [-0.15, -0.1) is 0 Å². The van der Waals surface area contributed by atoms with Crippen LogP contribution in [0, 0.1) is 0 Å². The summed E-state index contributed by atoms with van der Waals surface area (Å²) >= 11 is 0. The lowest BCUT2D eigenvalue weighted by molar-refractivity contribution is 0.250. The predicted octanol–water partition coefficient (Wildman–Crippen LogP) is 3.02. The zero-order valence-corrected chi connectivity index (χ0v) is 17.4. The summed E-state index contributed by atoms with van der Waals surface area (Å²) in [5.74, 6) is 1.93. The Hall–Kier alpha value is -2.09. The van der Waals surface area contributed by atoms with Crippen molar-refractivity contribution in [1.29, 1.82) is 0 Å². The molecule has 3 rings (SSSR count). The van der Waals surface area contributed by atoms with Crippen molar-refractivity contribution >= 4 is 10.1 Å². The van der Waals surface area contributed by atoms with Crippen LogP contribution in [0.25, 0.3) is 0 Å². The van der Waals surface area contributed by atoms with E-state index in [4.69, 9.17) is 13.7 Å². The Balaban J connectivity index is 1.70. The molecule has 28 heavy (non-hydrogen) atoms. The largest absolute Gasteiger partial charge is 0.497 e. The van der Waals surface area contributed by atoms with Crippen molar-refractivity contribution in [2.75, 3.05) is 40.2 Å². The van der Waals surface area contributed by atoms with Crippen LogP contribution in [0.1, 0.15) is 29.0 Å². The second kappa shape index (κ2) is 8.94. The Labute approximate surface area is 167 Å². The molecule has 1 atom stereocenters. The van der Waals surface area contributed by atoms with Crippen molar-refractivity contribution < 1.29 is 22.1 Å². The zero-order chi connectivity index (χ0) is 20.1. The van der Waals surface area contributed by atoms with Gasteiger partial charge in [0.05, 0.1) is 26.6 Å². The minimum Gasteiger partial charge on any atom is -0.497 e. The summed E-state index contributed by atoms with van der Waals surface area (Å²) < 4.78 is 37.8. The van der Waals surface area contributed by atoms with E-state index in [2.05, 4.69) is 36.2 Å². The molecule has 0 saturated carbocycles. The fourth-order valence-corrected chi connectivity index (χ4v) is 3.94. The van der Waals surface area contributed by atoms with E-state index < -0.39 is 10.1 Å². The Morgan fingerprint density at radius 1 is 1.11 bits per heavy atom. The van der Waals surface area contributed by atoms with Crippen LogP contribution in [0.3, 0.4) is 0 Å². The number of methoxy groups -OCH3 is 1. The van der Waals surface area contributed by atoms with Gasteiger partial charge >= 0.3 is 0 Å². The summed E-state index contributed by atoms with van der Waals surface area (Å²) in [5.41, 5.74) is 3.78. The van der Waals surface area contributed by atoms with E-state index in [1.54, 1.807) is 7.11 Å². The molecule has 0 fully saturated rings. The van der Waals surface area contributed by atoms with Gasteiger partial charge in [0.1, 0.15) is 11.5 Å². The first-order valence-corrected chi connectivity index (χ1v) is 11.1. The lowest BCUT2D eigenvalue weighted by Gasteiger charge is -2.33. The van der Waals surface area contributed by atoms with Gasteiger partial charge in [0.2, 0.25) is 0 Å². The number of hydrogen-bond donors (Lipinski definition) is 0. The molecule has 0 aromatic heterocycles. The molecule has 1 unspecified atom stereocenters. The van der Waals surface area contributed by atoms with Gasteiger partial charge in [-0.1, -0.05) is 18.2 Å². The maximum absolute atomic E-state index is 11.0. The number of likely N-dealkylation sites (N-methyl/N-ethyl adjacent to an activating group) is 1. The molecule has 2 aromatic rings. The van der Waals surface area contributed by atoms with Gasteiger partial charge in [0.15, 0.2) is 0 Å². The molecule has 152 valence electrons. The summed E-state index contributed by atoms with van der Waals surface area (Å²) in [5, 5.41) is 0. The van der Waals surface area contributed by atoms with Crippen LogP contribution in [-0.4, -0.2) is 53.5 Å². The van der Waals surface area contributed by atoms with Gasteiger partial charge < -0.3 is 14.4 Å². The monoisotopic (exact) mass is 405 g/mol. The number of fused-ring (bicyclic) bond motifs is 1. The first-order chi connectivity index (χ1) is 13.4. The van der Waals surface area contributed by atoms with Crippen LogP contribution >= 0.6 is 0 Å². The average Bonchev–Trinajstić information content (AvgIpc) is 2.66. The molecule has 7 heteroatoms. The maximum Gasteiger partial charge on any atom is 0.264 e. The Morgan fingerprint density at radius 2 is 1.93 bits per heavy atom. The topological polar surface area (TPSA) is 65.1 Å². The van der Waals surface area contributed by atoms with Gasteiger partial charge in [0.25, 0.3) is 10.1 Å². The smallest absolute Gasteiger partial charge is 0.264 e. The van der Waals surface area contributed by atoms with Gasteiger partial charge in [0, 0.05) is 25.4 Å². The van der Waals surface area contributed by atoms with Crippen molar-refractivity contribution in [2.24, 2.45) is 0 Å². The molecule has 2 aromatic carbocycles. The molecule has 0 radical (unpaired) electrons. The highest BCUT2D eigenvalue weighted by Crippen LogP contribution is 2.35. The van der Waals surface area contributed by atoms with E-state index in [1.165, 1.54) is 16.7 Å². The van der Waals surface area contributed by atoms with Gasteiger partial charge in [-0.05, 0) is 48.0 Å². The van der Waals surface area contributed by atoms with Gasteiger partial charge in [-0.3, -0.25) is 4.18 Å². The normalized spacial score (nSPS) is 17.2. The fourth-order valence-electron chi connectivity index (χ4n) is 3.52. The first kappa shape index (κ1) is 20.6. The highest BCUT2D eigenvalue weighted by atomic mass is 32.2. The molecule has 0 saturated heterocycles. The minimum atomic E-state index is -3.40. The lowest BCUT2D eigenvalue weighted by Crippen LogP contribution is -2.31. The Bertz CT molecular complexity index is 913. The summed E-state index contributed by atoms with van der Waals surface area (Å²) in [7, 11) is 0.407. The quantitative estimate of drug-likeness (QED) is 0.497. The number of hydrogen-bond acceptors (Lipinski definition) is 6. The molecule has 1 aliphatic heterocycles. The molecule has 1 heterocycles. The minimum absolute atomic E-state index is 0.129. The Kier molecular flexibility index (Phi) is 6.59. The molecule has 0 amide bonds. The van der Waals surface area contributed by atoms with Gasteiger partial charge in [-0.25, -0.2) is 0 Å². The van der Waals surface area contributed by atoms with E-state index >= 15 is 0 Å². The van der Waals surface area contributed by atoms with Crippen molar-refractivity contribution in [3.05, 3.63) is 59.2 Å². The Morgan fingerprint density at radius 3 is 2.68 bits per heavy atom. The average molecular weight is 406 g/mol. The molecule has 1 aliphatic rings. The fraction of sp³-hybridized carbons (Fsp3) is 0.429. The first-order valence-electron chi connectivity index (χ1n) is 9.28. The highest BCUT2D eigenvalue weighted by Gasteiger charge is 2.25. The third-order valence-corrected chi connectivity index (χ3v) is 5.37. The molecular formula is C21H27NO5S. The second-order valence-electron chi connectivity index (χ2n) is 7.11. The second-order valence-corrected chi connectivity index (χ2v) is 8.76. The number of rotatable bonds is 8. The molecule has 0 bridgehead atoms. The van der Waals surface area contributed by atoms with Crippen LogP contribution in [-0.2, 0) is 20.8 Å². The van der Waals surface area contributed by atoms with E-state index in [9.17, 15) is 8.42 Å². The highest BCUT2D eigenvalue weighted by molar-refractivity contribution is 7.85. The van der Waals surface area contributed by atoms with Crippen LogP contribution in [0.2, 0.25) is 0 Å². The van der Waals surface area contributed by atoms with Gasteiger partial charge in [-0.2, -0.15) is 8.42 Å². The van der Waals surface area contributed by atoms with Crippen molar-refractivity contribution in [1.82, 2.24) is 4.90 Å². The summed E-state index contributed by atoms with van der Waals surface area (Å²) in [6.45, 7) is 2.35. The van der Waals surface area contributed by atoms with Crippen molar-refractivity contribution in [3.8, 4) is 11.5 Å². The molecule has 0 aliphatic carbocycles. The van der Waals surface area contributed by atoms with Crippen LogP contribution in [0.15, 0.2) is 42.5 Å². The molecule has 0 spiro atoms. The SMILES string of the molecule is COc1cccc(C2CN(C)Cc3cc(OCCCOS(C)(=O)=O)ccc32)c1. The molecular weight excluding hydrogens is 378 g/mol. The van der Waals surface area contributed by atoms with E-state index in [0.29, 0.717) is 13.0 Å².